The van der Waals surface area contributed by atoms with E-state index in [0.717, 1.165) is 0 Å². The molecule has 1 rings (SSSR count). The summed E-state index contributed by atoms with van der Waals surface area (Å²) in [6.07, 6.45) is -7.44. The van der Waals surface area contributed by atoms with Gasteiger partial charge in [0.15, 0.2) is 0 Å². The van der Waals surface area contributed by atoms with Crippen LogP contribution in [0.25, 0.3) is 0 Å². The molecule has 0 amide bonds. The average Bonchev–Trinajstić information content (AvgIpc) is 2.67. The quantitative estimate of drug-likeness (QED) is 0.620. The van der Waals surface area contributed by atoms with E-state index in [4.69, 9.17) is 19.8 Å². The summed E-state index contributed by atoms with van der Waals surface area (Å²) in [5.74, 6) is -5.92. The van der Waals surface area contributed by atoms with Gasteiger partial charge in [0.05, 0.1) is 0 Å². The minimum atomic E-state index is -5.08. The van der Waals surface area contributed by atoms with Crippen molar-refractivity contribution in [2.24, 2.45) is 0 Å². The monoisotopic (exact) mass is 313 g/mol. The molecule has 0 aliphatic heterocycles. The topological polar surface area (TPSA) is 121 Å². The van der Waals surface area contributed by atoms with Crippen molar-refractivity contribution in [2.75, 3.05) is 0 Å². The summed E-state index contributed by atoms with van der Waals surface area (Å²) in [5, 5.41) is 14.2. The second-order valence-corrected chi connectivity index (χ2v) is 2.46. The van der Waals surface area contributed by atoms with Gasteiger partial charge in [-0.25, -0.2) is 14.4 Å². The molecule has 20 heavy (non-hydrogen) atoms. The third-order valence-electron chi connectivity index (χ3n) is 0.929. The molecule has 3 N–H and O–H groups in total. The molecule has 13 heteroatoms. The number of hydrogen-bond acceptors (Lipinski definition) is 4. The minimum Gasteiger partial charge on any atom is -0.475 e. The van der Waals surface area contributed by atoms with Crippen LogP contribution in [0.15, 0.2) is 21.7 Å². The number of rotatable bonds is 0. The normalized spacial score (nSPS) is 10.5. The van der Waals surface area contributed by atoms with Crippen molar-refractivity contribution in [3.63, 3.8) is 0 Å². The zero-order chi connectivity index (χ0) is 16.6. The Morgan fingerprint density at radius 2 is 1.30 bits per heavy atom. The number of aromatic nitrogens is 1. The van der Waals surface area contributed by atoms with Gasteiger partial charge in [0.2, 0.25) is 0 Å². The molecule has 0 aliphatic rings. The number of nitrogens with one attached hydrogen (secondary N) is 1. The summed E-state index contributed by atoms with van der Waals surface area (Å²) in [6, 6.07) is 0. The van der Waals surface area contributed by atoms with Crippen LogP contribution >= 0.6 is 0 Å². The van der Waals surface area contributed by atoms with E-state index in [1.54, 1.807) is 0 Å². The lowest BCUT2D eigenvalue weighted by atomic mass is 10.7. The Morgan fingerprint density at radius 1 is 1.00 bits per heavy atom. The maximum Gasteiger partial charge on any atom is 0.490 e. The van der Waals surface area contributed by atoms with Crippen LogP contribution in [-0.2, 0) is 9.59 Å². The fourth-order valence-electron chi connectivity index (χ4n) is 0.232. The summed E-state index contributed by atoms with van der Waals surface area (Å²) >= 11 is 0. The number of H-pyrrole nitrogens is 1. The number of alkyl halides is 6. The molecule has 1 heterocycles. The highest BCUT2D eigenvalue weighted by Crippen LogP contribution is 2.13. The van der Waals surface area contributed by atoms with Crippen molar-refractivity contribution in [1.29, 1.82) is 0 Å². The molecule has 1 aromatic heterocycles. The van der Waals surface area contributed by atoms with E-state index in [-0.39, 0.29) is 0 Å². The Balaban J connectivity index is 0. The van der Waals surface area contributed by atoms with Crippen molar-refractivity contribution in [1.82, 2.24) is 4.98 Å². The number of aliphatic carboxylic acids is 2. The van der Waals surface area contributed by atoms with Gasteiger partial charge in [0.25, 0.3) is 0 Å². The Morgan fingerprint density at radius 3 is 1.35 bits per heavy atom. The molecule has 0 atom stereocenters. The highest BCUT2D eigenvalue weighted by atomic mass is 19.4. The molecular weight excluding hydrogens is 308 g/mol. The van der Waals surface area contributed by atoms with Crippen LogP contribution in [0.1, 0.15) is 0 Å². The Kier molecular flexibility index (Phi) is 7.80. The SMILES string of the molecule is O=C(O)C(F)(F)F.O=C(O)C(F)(F)F.O=c1[nH]cco1. The summed E-state index contributed by atoms with van der Waals surface area (Å²) in [4.78, 5) is 29.9. The molecule has 0 radical (unpaired) electrons. The van der Waals surface area contributed by atoms with Crippen LogP contribution in [0.4, 0.5) is 26.3 Å². The van der Waals surface area contributed by atoms with Gasteiger partial charge >= 0.3 is 30.0 Å². The highest BCUT2D eigenvalue weighted by molar-refractivity contribution is 5.73. The van der Waals surface area contributed by atoms with Crippen LogP contribution in [0.3, 0.4) is 0 Å². The van der Waals surface area contributed by atoms with Gasteiger partial charge in [0.1, 0.15) is 6.26 Å². The van der Waals surface area contributed by atoms with E-state index in [1.807, 2.05) is 0 Å². The van der Waals surface area contributed by atoms with E-state index in [9.17, 15) is 31.1 Å². The first-order valence-corrected chi connectivity index (χ1v) is 4.01. The summed E-state index contributed by atoms with van der Waals surface area (Å²) in [5.41, 5.74) is 0. The van der Waals surface area contributed by atoms with Crippen molar-refractivity contribution in [3.05, 3.63) is 23.0 Å². The highest BCUT2D eigenvalue weighted by Gasteiger charge is 2.38. The van der Waals surface area contributed by atoms with Gasteiger partial charge in [-0.2, -0.15) is 26.3 Å². The van der Waals surface area contributed by atoms with Gasteiger partial charge in [-0.05, 0) is 0 Å². The summed E-state index contributed by atoms with van der Waals surface area (Å²) in [6.45, 7) is 0. The fraction of sp³-hybridized carbons (Fsp3) is 0.286. The zero-order valence-corrected chi connectivity index (χ0v) is 8.95. The van der Waals surface area contributed by atoms with Crippen molar-refractivity contribution in [2.45, 2.75) is 12.4 Å². The maximum absolute atomic E-state index is 10.6. The molecular formula is C7H5F6NO6. The number of oxazole rings is 1. The Hall–Kier alpha value is -2.47. The molecule has 1 aromatic rings. The second kappa shape index (κ2) is 7.85. The predicted octanol–water partition coefficient (Wildman–Crippen LogP) is 1.23. The van der Waals surface area contributed by atoms with Gasteiger partial charge in [0, 0.05) is 6.20 Å². The van der Waals surface area contributed by atoms with E-state index in [1.165, 1.54) is 12.5 Å². The maximum atomic E-state index is 10.6. The van der Waals surface area contributed by atoms with Crippen LogP contribution in [0, 0.1) is 0 Å². The lowest BCUT2D eigenvalue weighted by Crippen LogP contribution is -2.21. The van der Waals surface area contributed by atoms with Gasteiger partial charge < -0.3 is 14.6 Å². The first-order chi connectivity index (χ1) is 8.78. The molecule has 0 saturated carbocycles. The fourth-order valence-corrected chi connectivity index (χ4v) is 0.232. The lowest BCUT2D eigenvalue weighted by Gasteiger charge is -1.93. The van der Waals surface area contributed by atoms with Crippen molar-refractivity contribution >= 4 is 11.9 Å². The van der Waals surface area contributed by atoms with Gasteiger partial charge in [-0.1, -0.05) is 0 Å². The summed E-state index contributed by atoms with van der Waals surface area (Å²) < 4.78 is 67.7. The molecule has 0 saturated heterocycles. The standard InChI is InChI=1S/C3H3NO2.2C2HF3O2/c5-3-4-1-2-6-3;2*3-2(4,5)1(6)7/h1-2H,(H,4,5);2*(H,6,7). The van der Waals surface area contributed by atoms with E-state index >= 15 is 0 Å². The first-order valence-electron chi connectivity index (χ1n) is 4.01. The lowest BCUT2D eigenvalue weighted by molar-refractivity contribution is -0.193. The van der Waals surface area contributed by atoms with E-state index < -0.39 is 30.0 Å². The third-order valence-corrected chi connectivity index (χ3v) is 0.929. The molecule has 0 spiro atoms. The molecule has 0 aliphatic carbocycles. The van der Waals surface area contributed by atoms with Gasteiger partial charge in [-0.3, -0.25) is 4.98 Å². The zero-order valence-electron chi connectivity index (χ0n) is 8.95. The van der Waals surface area contributed by atoms with Crippen LogP contribution in [0.2, 0.25) is 0 Å². The average molecular weight is 313 g/mol. The van der Waals surface area contributed by atoms with Crippen LogP contribution in [0.5, 0.6) is 0 Å². The second-order valence-electron chi connectivity index (χ2n) is 2.46. The molecule has 0 bridgehead atoms. The molecule has 0 fully saturated rings. The minimum absolute atomic E-state index is 0.407. The van der Waals surface area contributed by atoms with E-state index in [2.05, 4.69) is 9.40 Å². The molecule has 0 aromatic carbocycles. The first kappa shape index (κ1) is 19.9. The molecule has 116 valence electrons. The predicted molar refractivity (Wildman–Crippen MR) is 46.7 cm³/mol. The van der Waals surface area contributed by atoms with Crippen molar-refractivity contribution < 1.29 is 50.6 Å². The van der Waals surface area contributed by atoms with Crippen LogP contribution < -0.4 is 5.76 Å². The Bertz CT molecular complexity index is 430. The van der Waals surface area contributed by atoms with Crippen molar-refractivity contribution in [3.8, 4) is 0 Å². The third kappa shape index (κ3) is 12.0. The molecule has 7 nitrogen and oxygen atoms in total. The number of carbonyl (C=O) groups is 2. The van der Waals surface area contributed by atoms with Crippen LogP contribution in [-0.4, -0.2) is 39.5 Å². The number of halogens is 6. The largest absolute Gasteiger partial charge is 0.490 e. The number of hydrogen-bond donors (Lipinski definition) is 3. The van der Waals surface area contributed by atoms with Gasteiger partial charge in [-0.15, -0.1) is 0 Å². The Labute approximate surface area is 104 Å². The summed E-state index contributed by atoms with van der Waals surface area (Å²) in [7, 11) is 0. The van der Waals surface area contributed by atoms with E-state index in [0.29, 0.717) is 0 Å². The number of carboxylic acid groups (broad SMARTS) is 2. The smallest absolute Gasteiger partial charge is 0.475 e. The molecule has 0 unspecified atom stereocenters. The number of aromatic amines is 1. The number of carboxylic acids is 2.